The van der Waals surface area contributed by atoms with E-state index in [4.69, 9.17) is 19.4 Å². The third-order valence-corrected chi connectivity index (χ3v) is 12.2. The lowest BCUT2D eigenvalue weighted by atomic mass is 9.84. The third-order valence-electron chi connectivity index (χ3n) is 11.3. The molecule has 13 heteroatoms. The van der Waals surface area contributed by atoms with Gasteiger partial charge in [-0.3, -0.25) is 29.3 Å². The van der Waals surface area contributed by atoms with Gasteiger partial charge in [-0.2, -0.15) is 0 Å². The number of nitrogens with one attached hydrogen (secondary N) is 2. The maximum atomic E-state index is 14.5. The quantitative estimate of drug-likeness (QED) is 0.221. The molecule has 0 radical (unpaired) electrons. The molecule has 2 N–H and O–H groups in total. The van der Waals surface area contributed by atoms with E-state index in [1.54, 1.807) is 13.3 Å². The van der Waals surface area contributed by atoms with E-state index < -0.39 is 29.5 Å². The minimum Gasteiger partial charge on any atom is -0.464 e. The summed E-state index contributed by atoms with van der Waals surface area (Å²) in [5, 5.41) is 8.47. The van der Waals surface area contributed by atoms with Gasteiger partial charge in [-0.25, -0.2) is 10.4 Å². The Kier molecular flexibility index (Phi) is 10.7. The van der Waals surface area contributed by atoms with Crippen molar-refractivity contribution in [3.05, 3.63) is 58.2 Å². The first-order valence-corrected chi connectivity index (χ1v) is 20.0. The van der Waals surface area contributed by atoms with Crippen molar-refractivity contribution in [1.29, 1.82) is 0 Å². The molecule has 1 saturated carbocycles. The number of thiazole rings is 1. The van der Waals surface area contributed by atoms with Crippen LogP contribution in [-0.4, -0.2) is 88.7 Å². The van der Waals surface area contributed by atoms with Crippen molar-refractivity contribution in [2.75, 3.05) is 34.4 Å². The van der Waals surface area contributed by atoms with E-state index >= 15 is 0 Å². The van der Waals surface area contributed by atoms with Gasteiger partial charge in [0.15, 0.2) is 0 Å². The molecule has 54 heavy (non-hydrogen) atoms. The Bertz CT molecular complexity index is 2060. The molecule has 6 atom stereocenters. The number of cyclic esters (lactones) is 1. The minimum atomic E-state index is -0.933. The molecule has 1 aliphatic carbocycles. The van der Waals surface area contributed by atoms with Crippen molar-refractivity contribution in [3.8, 4) is 22.5 Å². The number of likely N-dealkylation sites (N-methyl/N-ethyl adjacent to an activating group) is 1. The smallest absolute Gasteiger partial charge is 0.324 e. The normalized spacial score (nSPS) is 25.0. The number of rotatable bonds is 7. The minimum absolute atomic E-state index is 0.123. The Morgan fingerprint density at radius 2 is 2.02 bits per heavy atom. The van der Waals surface area contributed by atoms with E-state index in [0.29, 0.717) is 30.8 Å². The summed E-state index contributed by atoms with van der Waals surface area (Å²) < 4.78 is 14.2. The average Bonchev–Trinajstić information content (AvgIpc) is 3.57. The molecule has 3 aliphatic rings. The van der Waals surface area contributed by atoms with Crippen LogP contribution >= 0.6 is 11.3 Å². The topological polar surface area (TPSA) is 131 Å². The van der Waals surface area contributed by atoms with Gasteiger partial charge in [-0.1, -0.05) is 26.8 Å². The number of benzene rings is 1. The summed E-state index contributed by atoms with van der Waals surface area (Å²) in [6, 6.07) is 8.38. The molecule has 2 fully saturated rings. The van der Waals surface area contributed by atoms with Crippen LogP contribution in [0.3, 0.4) is 0 Å². The van der Waals surface area contributed by atoms with Gasteiger partial charge in [0, 0.05) is 65.1 Å². The number of carbonyl (C=O) groups is 3. The summed E-state index contributed by atoms with van der Waals surface area (Å²) >= 11 is 1.48. The number of methoxy groups -OCH3 is 1. The zero-order valence-electron chi connectivity index (χ0n) is 32.6. The number of fused-ring (bicyclic) bond motifs is 6. The Hall–Kier alpha value is -4.17. The van der Waals surface area contributed by atoms with E-state index in [1.807, 2.05) is 44.3 Å². The largest absolute Gasteiger partial charge is 0.464 e. The van der Waals surface area contributed by atoms with Crippen molar-refractivity contribution >= 4 is 40.0 Å². The predicted molar refractivity (Wildman–Crippen MR) is 209 cm³/mol. The number of aromatic nitrogens is 3. The molecule has 2 aliphatic heterocycles. The molecule has 2 amide bonds. The van der Waals surface area contributed by atoms with Crippen LogP contribution in [0.2, 0.25) is 0 Å². The highest BCUT2D eigenvalue weighted by molar-refractivity contribution is 7.10. The molecule has 6 bridgehead atoms. The Morgan fingerprint density at radius 1 is 1.24 bits per heavy atom. The maximum absolute atomic E-state index is 14.5. The van der Waals surface area contributed by atoms with Gasteiger partial charge in [-0.05, 0) is 89.4 Å². The lowest BCUT2D eigenvalue weighted by Crippen LogP contribution is -2.62. The van der Waals surface area contributed by atoms with Gasteiger partial charge < -0.3 is 19.4 Å². The summed E-state index contributed by atoms with van der Waals surface area (Å²) in [6.07, 6.45) is 4.14. The Labute approximate surface area is 321 Å². The van der Waals surface area contributed by atoms with E-state index in [1.165, 1.54) is 16.3 Å². The van der Waals surface area contributed by atoms with Crippen LogP contribution in [0.4, 0.5) is 0 Å². The Balaban J connectivity index is 1.41. The molecule has 0 spiro atoms. The number of carbonyl (C=O) groups excluding carboxylic acids is 3. The van der Waals surface area contributed by atoms with Crippen molar-refractivity contribution in [1.82, 2.24) is 35.2 Å². The van der Waals surface area contributed by atoms with E-state index in [0.717, 1.165) is 57.6 Å². The summed E-state index contributed by atoms with van der Waals surface area (Å²) in [4.78, 5) is 53.6. The summed E-state index contributed by atoms with van der Waals surface area (Å²) in [7, 11) is 5.51. The van der Waals surface area contributed by atoms with Crippen molar-refractivity contribution in [2.45, 2.75) is 91.1 Å². The second kappa shape index (κ2) is 15.2. The Morgan fingerprint density at radius 3 is 2.72 bits per heavy atom. The molecule has 0 unspecified atom stereocenters. The standard InChI is InChI=1S/C41H53N7O5S/c1-9-47-32-15-14-25-19-28(32)29(35(47)26-12-10-16-42-33(26)24(3)52-8)20-41(4,5)22-53-40(51)30-13-11-17-48(45-30)39(50)34(44-37(49)27-18-23(27)2)36(46(6)7)38-43-31(25)21-54-38/h10,12,14-16,19,21,23-24,27,30,34,36,45H,9,11,13,17-18,20,22H2,1-8H3,(H,44,49)/t23-,24-,27-,30-,34-,36-/m0/s1. The third kappa shape index (κ3) is 7.30. The van der Waals surface area contributed by atoms with Gasteiger partial charge >= 0.3 is 5.97 Å². The molecule has 12 nitrogen and oxygen atoms in total. The number of hydrogen-bond donors (Lipinski definition) is 2. The van der Waals surface area contributed by atoms with E-state index in [2.05, 4.69) is 60.3 Å². The zero-order valence-corrected chi connectivity index (χ0v) is 33.5. The lowest BCUT2D eigenvalue weighted by molar-refractivity contribution is -0.156. The highest BCUT2D eigenvalue weighted by atomic mass is 32.1. The first kappa shape index (κ1) is 38.1. The van der Waals surface area contributed by atoms with Crippen LogP contribution in [0, 0.1) is 17.3 Å². The molecule has 1 aromatic carbocycles. The van der Waals surface area contributed by atoms with Crippen molar-refractivity contribution in [3.63, 3.8) is 0 Å². The van der Waals surface area contributed by atoms with Gasteiger partial charge in [0.25, 0.3) is 5.91 Å². The number of aryl methyl sites for hydroxylation is 1. The van der Waals surface area contributed by atoms with E-state index in [9.17, 15) is 14.4 Å². The number of amides is 2. The molecule has 288 valence electrons. The highest BCUT2D eigenvalue weighted by Gasteiger charge is 2.45. The summed E-state index contributed by atoms with van der Waals surface area (Å²) in [6.45, 7) is 11.8. The average molecular weight is 756 g/mol. The summed E-state index contributed by atoms with van der Waals surface area (Å²) in [5.41, 5.74) is 9.64. The first-order chi connectivity index (χ1) is 25.8. The summed E-state index contributed by atoms with van der Waals surface area (Å²) in [5.74, 6) is -0.681. The van der Waals surface area contributed by atoms with Gasteiger partial charge in [0.1, 0.15) is 17.1 Å². The van der Waals surface area contributed by atoms with Crippen molar-refractivity contribution < 1.29 is 23.9 Å². The number of esters is 1. The fourth-order valence-electron chi connectivity index (χ4n) is 8.07. The number of nitrogens with zero attached hydrogens (tertiary/aromatic N) is 5. The molecule has 4 aromatic rings. The fraction of sp³-hybridized carbons (Fsp3) is 0.537. The molecular formula is C41H53N7O5S. The van der Waals surface area contributed by atoms with Crippen LogP contribution in [-0.2, 0) is 36.8 Å². The number of hydrazine groups is 1. The number of pyridine rings is 1. The molecule has 7 rings (SSSR count). The van der Waals surface area contributed by atoms with Gasteiger partial charge in [0.05, 0.1) is 35.8 Å². The second-order valence-corrected chi connectivity index (χ2v) is 17.1. The first-order valence-electron chi connectivity index (χ1n) is 19.1. The molecule has 1 saturated heterocycles. The van der Waals surface area contributed by atoms with E-state index in [-0.39, 0.29) is 36.4 Å². The molecule has 5 heterocycles. The zero-order chi connectivity index (χ0) is 38.5. The maximum Gasteiger partial charge on any atom is 0.324 e. The fourth-order valence-corrected chi connectivity index (χ4v) is 9.13. The van der Waals surface area contributed by atoms with Crippen LogP contribution in [0.25, 0.3) is 33.4 Å². The second-order valence-electron chi connectivity index (χ2n) is 16.2. The molecular weight excluding hydrogens is 703 g/mol. The predicted octanol–water partition coefficient (Wildman–Crippen LogP) is 5.92. The van der Waals surface area contributed by atoms with Crippen LogP contribution < -0.4 is 10.7 Å². The number of hydrogen-bond acceptors (Lipinski definition) is 10. The van der Waals surface area contributed by atoms with Gasteiger partial charge in [-0.15, -0.1) is 11.3 Å². The van der Waals surface area contributed by atoms with Crippen LogP contribution in [0.15, 0.2) is 41.9 Å². The van der Waals surface area contributed by atoms with Crippen molar-refractivity contribution in [2.24, 2.45) is 17.3 Å². The highest BCUT2D eigenvalue weighted by Crippen LogP contribution is 2.43. The van der Waals surface area contributed by atoms with Gasteiger partial charge in [0.2, 0.25) is 5.91 Å². The number of ether oxygens (including phenoxy) is 2. The lowest BCUT2D eigenvalue weighted by Gasteiger charge is -2.38. The van der Waals surface area contributed by atoms with Crippen LogP contribution in [0.1, 0.15) is 82.3 Å². The van der Waals surface area contributed by atoms with Crippen LogP contribution in [0.5, 0.6) is 0 Å². The monoisotopic (exact) mass is 755 g/mol. The molecule has 3 aromatic heterocycles. The SMILES string of the molecule is CCn1c(-c2cccnc2[C@H](C)OC)c2c3cc(ccc31)-c1csc(n1)[C@@H](N(C)C)[C@H](NC(=O)[C@H]1C[C@@H]1C)C(=O)N1CCC[C@H](N1)C(=O)OCC(C)(C)C2.